The van der Waals surface area contributed by atoms with E-state index in [4.69, 9.17) is 5.41 Å². The molecule has 2 saturated carbocycles. The molecule has 4 heteroatoms. The van der Waals surface area contributed by atoms with Crippen LogP contribution in [0.4, 0.5) is 4.39 Å². The van der Waals surface area contributed by atoms with Crippen LogP contribution in [0.2, 0.25) is 0 Å². The fourth-order valence-electron chi connectivity index (χ4n) is 3.95. The second kappa shape index (κ2) is 7.59. The number of rotatable bonds is 6. The topological polar surface area (TPSA) is 53.3 Å². The molecule has 3 nitrogen and oxygen atoms in total. The highest BCUT2D eigenvalue weighted by atomic mass is 19.1. The molecule has 25 heavy (non-hydrogen) atoms. The molecule has 0 heterocycles. The van der Waals surface area contributed by atoms with Gasteiger partial charge in [0.25, 0.3) is 0 Å². The molecule has 1 aromatic rings. The number of alkyl halides is 1. The molecule has 0 saturated heterocycles. The number of benzene rings is 1. The average molecular weight is 342 g/mol. The van der Waals surface area contributed by atoms with Gasteiger partial charge >= 0.3 is 0 Å². The SMILES string of the molecule is C[C@@]1(F)CCCC(CC(=O)C(=N)N=CC2CC2Cc2ccccc2)C1. The predicted molar refractivity (Wildman–Crippen MR) is 99.1 cm³/mol. The molecule has 0 aromatic heterocycles. The molecule has 2 aliphatic carbocycles. The molecule has 0 amide bonds. The number of nitrogens with one attached hydrogen (secondary N) is 1. The van der Waals surface area contributed by atoms with Crippen LogP contribution in [0.25, 0.3) is 0 Å². The highest BCUT2D eigenvalue weighted by molar-refractivity contribution is 6.39. The van der Waals surface area contributed by atoms with E-state index < -0.39 is 5.67 Å². The van der Waals surface area contributed by atoms with Crippen LogP contribution >= 0.6 is 0 Å². The number of aliphatic imine (C=N–C) groups is 1. The van der Waals surface area contributed by atoms with Crippen LogP contribution in [0.3, 0.4) is 0 Å². The van der Waals surface area contributed by atoms with Crippen LogP contribution in [0.5, 0.6) is 0 Å². The van der Waals surface area contributed by atoms with E-state index in [1.165, 1.54) is 5.56 Å². The van der Waals surface area contributed by atoms with Crippen molar-refractivity contribution in [3.05, 3.63) is 35.9 Å². The first kappa shape index (κ1) is 18.0. The summed E-state index contributed by atoms with van der Waals surface area (Å²) >= 11 is 0. The van der Waals surface area contributed by atoms with E-state index in [0.717, 1.165) is 25.7 Å². The monoisotopic (exact) mass is 342 g/mol. The zero-order valence-corrected chi connectivity index (χ0v) is 14.9. The van der Waals surface area contributed by atoms with Gasteiger partial charge in [-0.25, -0.2) is 9.38 Å². The molecule has 1 N–H and O–H groups in total. The summed E-state index contributed by atoms with van der Waals surface area (Å²) < 4.78 is 14.1. The Morgan fingerprint density at radius 1 is 1.40 bits per heavy atom. The quantitative estimate of drug-likeness (QED) is 0.586. The van der Waals surface area contributed by atoms with E-state index >= 15 is 0 Å². The van der Waals surface area contributed by atoms with Crippen LogP contribution < -0.4 is 0 Å². The standard InChI is InChI=1S/C21H27FN2O/c1-21(22)9-5-8-16(13-21)11-19(25)20(23)24-14-18-12-17(18)10-15-6-3-2-4-7-15/h2-4,6-7,14,16-18,23H,5,8-13H2,1H3/t16?,17?,18?,21-/m1/s1. The number of carbonyl (C=O) groups excluding carboxylic acids is 1. The molecule has 0 spiro atoms. The molecule has 0 bridgehead atoms. The lowest BCUT2D eigenvalue weighted by molar-refractivity contribution is -0.114. The Labute approximate surface area is 149 Å². The summed E-state index contributed by atoms with van der Waals surface area (Å²) in [4.78, 5) is 16.3. The van der Waals surface area contributed by atoms with Crippen molar-refractivity contribution < 1.29 is 9.18 Å². The van der Waals surface area contributed by atoms with E-state index in [2.05, 4.69) is 17.1 Å². The predicted octanol–water partition coefficient (Wildman–Crippen LogP) is 4.79. The van der Waals surface area contributed by atoms with E-state index in [1.54, 1.807) is 13.1 Å². The fraction of sp³-hybridized carbons (Fsp3) is 0.571. The third-order valence-corrected chi connectivity index (χ3v) is 5.48. The van der Waals surface area contributed by atoms with E-state index in [0.29, 0.717) is 24.7 Å². The van der Waals surface area contributed by atoms with Crippen molar-refractivity contribution in [2.45, 2.75) is 57.5 Å². The van der Waals surface area contributed by atoms with Crippen LogP contribution in [0.15, 0.2) is 35.3 Å². The number of nitrogens with zero attached hydrogens (tertiary/aromatic N) is 1. The molecule has 2 aliphatic rings. The van der Waals surface area contributed by atoms with Crippen molar-refractivity contribution in [2.75, 3.05) is 0 Å². The van der Waals surface area contributed by atoms with Gasteiger partial charge in [0.05, 0.1) is 0 Å². The van der Waals surface area contributed by atoms with Crippen molar-refractivity contribution in [1.82, 2.24) is 0 Å². The second-order valence-corrected chi connectivity index (χ2v) is 7.98. The number of halogens is 1. The van der Waals surface area contributed by atoms with E-state index in [1.807, 2.05) is 18.2 Å². The Bertz CT molecular complexity index is 653. The lowest BCUT2D eigenvalue weighted by atomic mass is 9.78. The minimum Gasteiger partial charge on any atom is -0.291 e. The average Bonchev–Trinajstić information content (AvgIpc) is 3.30. The summed E-state index contributed by atoms with van der Waals surface area (Å²) in [5, 5.41) is 7.88. The molecular weight excluding hydrogens is 315 g/mol. The first-order valence-electron chi connectivity index (χ1n) is 9.32. The van der Waals surface area contributed by atoms with Gasteiger partial charge in [-0.1, -0.05) is 30.3 Å². The third-order valence-electron chi connectivity index (χ3n) is 5.48. The Hall–Kier alpha value is -1.84. The van der Waals surface area contributed by atoms with Crippen molar-refractivity contribution in [2.24, 2.45) is 22.7 Å². The van der Waals surface area contributed by atoms with Gasteiger partial charge in [-0.2, -0.15) is 0 Å². The van der Waals surface area contributed by atoms with Crippen LogP contribution in [0, 0.1) is 23.2 Å². The molecular formula is C21H27FN2O. The van der Waals surface area contributed by atoms with Gasteiger partial charge in [-0.3, -0.25) is 10.2 Å². The van der Waals surface area contributed by atoms with Crippen LogP contribution in [-0.2, 0) is 11.2 Å². The van der Waals surface area contributed by atoms with Gasteiger partial charge < -0.3 is 0 Å². The summed E-state index contributed by atoms with van der Waals surface area (Å²) in [6.45, 7) is 1.62. The van der Waals surface area contributed by atoms with Crippen molar-refractivity contribution >= 4 is 17.8 Å². The van der Waals surface area contributed by atoms with E-state index in [-0.39, 0.29) is 24.0 Å². The fourth-order valence-corrected chi connectivity index (χ4v) is 3.95. The molecule has 3 unspecified atom stereocenters. The van der Waals surface area contributed by atoms with Crippen molar-refractivity contribution in [3.63, 3.8) is 0 Å². The number of amidine groups is 1. The van der Waals surface area contributed by atoms with Gasteiger partial charge in [0.1, 0.15) is 5.67 Å². The molecule has 134 valence electrons. The molecule has 0 radical (unpaired) electrons. The Balaban J connectivity index is 1.43. The first-order valence-corrected chi connectivity index (χ1v) is 9.32. The van der Waals surface area contributed by atoms with Gasteiger partial charge in [0, 0.05) is 12.6 Å². The molecule has 1 aromatic carbocycles. The number of ketones is 1. The Kier molecular flexibility index (Phi) is 5.45. The summed E-state index contributed by atoms with van der Waals surface area (Å²) in [6, 6.07) is 10.4. The number of hydrogen-bond acceptors (Lipinski definition) is 2. The summed E-state index contributed by atoms with van der Waals surface area (Å²) in [6.07, 6.45) is 6.84. The minimum atomic E-state index is -1.16. The maximum Gasteiger partial charge on any atom is 0.199 e. The summed E-state index contributed by atoms with van der Waals surface area (Å²) in [5.74, 6) is 0.575. The smallest absolute Gasteiger partial charge is 0.199 e. The highest BCUT2D eigenvalue weighted by Crippen LogP contribution is 2.40. The second-order valence-electron chi connectivity index (χ2n) is 7.98. The first-order chi connectivity index (χ1) is 11.9. The molecule has 0 aliphatic heterocycles. The van der Waals surface area contributed by atoms with Gasteiger partial charge in [0.2, 0.25) is 0 Å². The van der Waals surface area contributed by atoms with Crippen LogP contribution in [0.1, 0.15) is 51.0 Å². The largest absolute Gasteiger partial charge is 0.291 e. The zero-order chi connectivity index (χ0) is 17.9. The maximum absolute atomic E-state index is 14.1. The third kappa shape index (κ3) is 5.32. The molecule has 4 atom stereocenters. The Morgan fingerprint density at radius 2 is 2.16 bits per heavy atom. The number of hydrogen-bond donors (Lipinski definition) is 1. The maximum atomic E-state index is 14.1. The molecule has 3 rings (SSSR count). The van der Waals surface area contributed by atoms with Gasteiger partial charge in [0.15, 0.2) is 11.6 Å². The van der Waals surface area contributed by atoms with E-state index in [9.17, 15) is 9.18 Å². The normalized spacial score (nSPS) is 31.8. The summed E-state index contributed by atoms with van der Waals surface area (Å²) in [7, 11) is 0. The van der Waals surface area contributed by atoms with Crippen molar-refractivity contribution in [1.29, 1.82) is 5.41 Å². The molecule has 2 fully saturated rings. The van der Waals surface area contributed by atoms with Gasteiger partial charge in [-0.15, -0.1) is 0 Å². The lowest BCUT2D eigenvalue weighted by Gasteiger charge is -2.31. The Morgan fingerprint density at radius 3 is 2.88 bits per heavy atom. The highest BCUT2D eigenvalue weighted by Gasteiger charge is 2.36. The van der Waals surface area contributed by atoms with Gasteiger partial charge in [-0.05, 0) is 68.8 Å². The summed E-state index contributed by atoms with van der Waals surface area (Å²) in [5.41, 5.74) is 0.161. The lowest BCUT2D eigenvalue weighted by Crippen LogP contribution is -2.29. The number of carbonyl (C=O) groups is 1. The van der Waals surface area contributed by atoms with Crippen molar-refractivity contribution in [3.8, 4) is 0 Å². The van der Waals surface area contributed by atoms with Crippen LogP contribution in [-0.4, -0.2) is 23.5 Å². The zero-order valence-electron chi connectivity index (χ0n) is 14.9. The minimum absolute atomic E-state index is 0.0542. The number of Topliss-reactive ketones (excluding diaryl/α,β-unsaturated/α-hetero) is 1.